The predicted molar refractivity (Wildman–Crippen MR) is 151 cm³/mol. The van der Waals surface area contributed by atoms with Crippen molar-refractivity contribution in [2.75, 3.05) is 19.6 Å². The molecule has 0 radical (unpaired) electrons. The highest BCUT2D eigenvalue weighted by Crippen LogP contribution is 2.36. The molecule has 3 aliphatic rings. The Balaban J connectivity index is 1.26. The Hall–Kier alpha value is -2.31. The molecule has 206 valence electrons. The molecule has 2 unspecified atom stereocenters. The molecule has 1 saturated carbocycles. The molecule has 2 amide bonds. The number of carbonyl (C=O) groups is 2. The number of likely N-dealkylation sites (tertiary alicyclic amines) is 1. The van der Waals surface area contributed by atoms with Crippen molar-refractivity contribution in [1.29, 1.82) is 0 Å². The maximum Gasteiger partial charge on any atom is 0.246 e. The van der Waals surface area contributed by atoms with Gasteiger partial charge in [-0.1, -0.05) is 57.0 Å². The first kappa shape index (κ1) is 27.3. The first-order chi connectivity index (χ1) is 18.5. The minimum atomic E-state index is -0.734. The topological polar surface area (TPSA) is 65.8 Å². The van der Waals surface area contributed by atoms with Crippen LogP contribution in [0.2, 0.25) is 5.02 Å². The fraction of sp³-hybridized carbons (Fsp3) is 0.613. The smallest absolute Gasteiger partial charge is 0.246 e. The fourth-order valence-corrected chi connectivity index (χ4v) is 6.84. The molecule has 1 aromatic carbocycles. The van der Waals surface area contributed by atoms with Gasteiger partial charge in [0.25, 0.3) is 0 Å². The summed E-state index contributed by atoms with van der Waals surface area (Å²) in [5.41, 5.74) is 0.268. The Morgan fingerprint density at radius 3 is 2.55 bits per heavy atom. The van der Waals surface area contributed by atoms with Crippen LogP contribution in [0.15, 0.2) is 40.8 Å². The van der Waals surface area contributed by atoms with Gasteiger partial charge in [0.2, 0.25) is 11.8 Å². The lowest BCUT2D eigenvalue weighted by atomic mass is 9.80. The summed E-state index contributed by atoms with van der Waals surface area (Å²) in [5.74, 6) is 2.51. The summed E-state index contributed by atoms with van der Waals surface area (Å²) in [7, 11) is 0. The average Bonchev–Trinajstić information content (AvgIpc) is 3.29. The van der Waals surface area contributed by atoms with Gasteiger partial charge in [0.05, 0.1) is 6.54 Å². The third kappa shape index (κ3) is 5.96. The third-order valence-electron chi connectivity index (χ3n) is 8.91. The maximum atomic E-state index is 13.8. The van der Waals surface area contributed by atoms with Crippen molar-refractivity contribution in [1.82, 2.24) is 15.1 Å². The molecule has 2 saturated heterocycles. The molecule has 7 heteroatoms. The number of nitrogens with one attached hydrogen (secondary N) is 1. The molecule has 3 heterocycles. The molecule has 1 N–H and O–H groups in total. The van der Waals surface area contributed by atoms with Crippen LogP contribution in [0.1, 0.15) is 83.3 Å². The standard InChI is InChI=1S/C31H42ClN3O3/c1-2-3-19-35-29(36)27(21-23-8-5-4-6-9-23)33-30(37)31(35)16-7-18-34(20-17-31)22-26-14-15-28(38-26)24-10-12-25(32)13-11-24/h10-15,23,27H,2-9,16-22H2,1H3,(H,33,37). The lowest BCUT2D eigenvalue weighted by Gasteiger charge is -2.48. The van der Waals surface area contributed by atoms with Gasteiger partial charge in [0.15, 0.2) is 0 Å². The number of piperazine rings is 1. The van der Waals surface area contributed by atoms with Crippen molar-refractivity contribution in [3.8, 4) is 11.3 Å². The summed E-state index contributed by atoms with van der Waals surface area (Å²) in [5, 5.41) is 3.93. The molecule has 1 spiro atoms. The SMILES string of the molecule is CCCCN1C(=O)C(CC2CCCCC2)NC(=O)C12CCCN(Cc1ccc(-c3ccc(Cl)cc3)o1)CC2. The number of amides is 2. The van der Waals surface area contributed by atoms with Crippen molar-refractivity contribution in [2.45, 2.75) is 95.7 Å². The molecule has 2 atom stereocenters. The average molecular weight is 540 g/mol. The van der Waals surface area contributed by atoms with E-state index in [-0.39, 0.29) is 17.9 Å². The van der Waals surface area contributed by atoms with Crippen LogP contribution < -0.4 is 5.32 Å². The molecule has 5 rings (SSSR count). The molecule has 1 aromatic heterocycles. The van der Waals surface area contributed by atoms with E-state index < -0.39 is 5.54 Å². The normalized spacial score (nSPS) is 25.5. The van der Waals surface area contributed by atoms with Crippen molar-refractivity contribution in [3.63, 3.8) is 0 Å². The predicted octanol–water partition coefficient (Wildman–Crippen LogP) is 6.42. The number of hydrogen-bond donors (Lipinski definition) is 1. The Kier molecular flexibility index (Phi) is 8.79. The molecule has 0 bridgehead atoms. The van der Waals surface area contributed by atoms with E-state index in [1.165, 1.54) is 32.1 Å². The molecule has 2 aliphatic heterocycles. The largest absolute Gasteiger partial charge is 0.460 e. The Labute approximate surface area is 232 Å². The Morgan fingerprint density at radius 2 is 1.79 bits per heavy atom. The number of hydrogen-bond acceptors (Lipinski definition) is 4. The fourth-order valence-electron chi connectivity index (χ4n) is 6.71. The summed E-state index contributed by atoms with van der Waals surface area (Å²) in [6, 6.07) is 11.3. The van der Waals surface area contributed by atoms with Gasteiger partial charge in [-0.15, -0.1) is 0 Å². The van der Waals surface area contributed by atoms with Crippen LogP contribution in [0, 0.1) is 5.92 Å². The Morgan fingerprint density at radius 1 is 1.00 bits per heavy atom. The molecular formula is C31H42ClN3O3. The van der Waals surface area contributed by atoms with Crippen molar-refractivity contribution < 1.29 is 14.0 Å². The van der Waals surface area contributed by atoms with E-state index in [1.54, 1.807) is 0 Å². The van der Waals surface area contributed by atoms with Crippen LogP contribution in [0.25, 0.3) is 11.3 Å². The number of furan rings is 1. The van der Waals surface area contributed by atoms with Crippen LogP contribution in [0.5, 0.6) is 0 Å². The molecule has 38 heavy (non-hydrogen) atoms. The molecule has 1 aliphatic carbocycles. The quantitative estimate of drug-likeness (QED) is 0.420. The van der Waals surface area contributed by atoms with Gasteiger partial charge < -0.3 is 14.6 Å². The van der Waals surface area contributed by atoms with Crippen LogP contribution in [-0.2, 0) is 16.1 Å². The van der Waals surface area contributed by atoms with E-state index in [9.17, 15) is 9.59 Å². The first-order valence-corrected chi connectivity index (χ1v) is 15.1. The first-order valence-electron chi connectivity index (χ1n) is 14.7. The minimum absolute atomic E-state index is 0.0684. The minimum Gasteiger partial charge on any atom is -0.460 e. The van der Waals surface area contributed by atoms with Crippen molar-refractivity contribution >= 4 is 23.4 Å². The van der Waals surface area contributed by atoms with Gasteiger partial charge in [-0.25, -0.2) is 0 Å². The van der Waals surface area contributed by atoms with Gasteiger partial charge in [-0.2, -0.15) is 0 Å². The second-order valence-corrected chi connectivity index (χ2v) is 12.0. The van der Waals surface area contributed by atoms with Gasteiger partial charge in [0.1, 0.15) is 23.1 Å². The zero-order chi connectivity index (χ0) is 26.5. The second-order valence-electron chi connectivity index (χ2n) is 11.5. The zero-order valence-corrected chi connectivity index (χ0v) is 23.5. The number of unbranched alkanes of at least 4 members (excludes halogenated alkanes) is 1. The summed E-state index contributed by atoms with van der Waals surface area (Å²) in [4.78, 5) is 32.0. The molecule has 2 aromatic rings. The van der Waals surface area contributed by atoms with Gasteiger partial charge in [-0.3, -0.25) is 14.5 Å². The van der Waals surface area contributed by atoms with E-state index in [2.05, 4.69) is 17.1 Å². The second kappa shape index (κ2) is 12.3. The van der Waals surface area contributed by atoms with Crippen LogP contribution >= 0.6 is 11.6 Å². The van der Waals surface area contributed by atoms with Crippen molar-refractivity contribution in [3.05, 3.63) is 47.2 Å². The summed E-state index contributed by atoms with van der Waals surface area (Å²) in [6.07, 6.45) is 11.1. The zero-order valence-electron chi connectivity index (χ0n) is 22.7. The lowest BCUT2D eigenvalue weighted by Crippen LogP contribution is -2.71. The van der Waals surface area contributed by atoms with Gasteiger partial charge in [0, 0.05) is 23.7 Å². The van der Waals surface area contributed by atoms with E-state index in [0.29, 0.717) is 30.5 Å². The monoisotopic (exact) mass is 539 g/mol. The molecule has 3 fully saturated rings. The number of carbonyl (C=O) groups excluding carboxylic acids is 2. The number of benzene rings is 1. The highest BCUT2D eigenvalue weighted by Gasteiger charge is 2.52. The van der Waals surface area contributed by atoms with E-state index in [4.69, 9.17) is 16.0 Å². The summed E-state index contributed by atoms with van der Waals surface area (Å²) >= 11 is 6.03. The van der Waals surface area contributed by atoms with E-state index in [1.807, 2.05) is 41.3 Å². The summed E-state index contributed by atoms with van der Waals surface area (Å²) in [6.45, 7) is 5.16. The van der Waals surface area contributed by atoms with E-state index >= 15 is 0 Å². The van der Waals surface area contributed by atoms with Crippen LogP contribution in [-0.4, -0.2) is 52.8 Å². The molecule has 6 nitrogen and oxygen atoms in total. The maximum absolute atomic E-state index is 13.8. The highest BCUT2D eigenvalue weighted by atomic mass is 35.5. The Bertz CT molecular complexity index is 1090. The summed E-state index contributed by atoms with van der Waals surface area (Å²) < 4.78 is 6.16. The number of nitrogens with zero attached hydrogens (tertiary/aromatic N) is 2. The highest BCUT2D eigenvalue weighted by molar-refractivity contribution is 6.30. The van der Waals surface area contributed by atoms with Crippen molar-refractivity contribution in [2.24, 2.45) is 5.92 Å². The number of halogens is 1. The lowest BCUT2D eigenvalue weighted by molar-refractivity contribution is -0.159. The van der Waals surface area contributed by atoms with Gasteiger partial charge in [-0.05, 0) is 81.0 Å². The third-order valence-corrected chi connectivity index (χ3v) is 9.17. The van der Waals surface area contributed by atoms with Crippen LogP contribution in [0.3, 0.4) is 0 Å². The van der Waals surface area contributed by atoms with E-state index in [0.717, 1.165) is 62.3 Å². The molecular weight excluding hydrogens is 498 g/mol. The van der Waals surface area contributed by atoms with Crippen LogP contribution in [0.4, 0.5) is 0 Å². The number of rotatable bonds is 8. The van der Waals surface area contributed by atoms with Gasteiger partial charge >= 0.3 is 0 Å².